The van der Waals surface area contributed by atoms with Gasteiger partial charge in [-0.3, -0.25) is 4.79 Å². The molecule has 2 rings (SSSR count). The monoisotopic (exact) mass is 249 g/mol. The Bertz CT molecular complexity index is 432. The van der Waals surface area contributed by atoms with E-state index in [1.54, 1.807) is 24.3 Å². The van der Waals surface area contributed by atoms with Gasteiger partial charge in [-0.2, -0.15) is 0 Å². The van der Waals surface area contributed by atoms with Crippen molar-refractivity contribution in [2.45, 2.75) is 18.6 Å². The summed E-state index contributed by atoms with van der Waals surface area (Å²) in [7, 11) is 1.32. The molecule has 0 spiro atoms. The van der Waals surface area contributed by atoms with Crippen LogP contribution in [0.4, 0.5) is 0 Å². The van der Waals surface area contributed by atoms with Crippen LogP contribution in [-0.4, -0.2) is 37.7 Å². The predicted molar refractivity (Wildman–Crippen MR) is 64.1 cm³/mol. The van der Waals surface area contributed by atoms with Gasteiger partial charge in [0.05, 0.1) is 12.7 Å². The predicted octanol–water partition coefficient (Wildman–Crippen LogP) is 0.747. The summed E-state index contributed by atoms with van der Waals surface area (Å²) >= 11 is 0. The Balaban J connectivity index is 2.01. The Hall–Kier alpha value is -1.88. The second kappa shape index (κ2) is 5.64. The first-order valence-corrected chi connectivity index (χ1v) is 5.79. The molecule has 1 aromatic rings. The minimum atomic E-state index is -0.567. The van der Waals surface area contributed by atoms with Crippen LogP contribution in [0.3, 0.4) is 0 Å². The van der Waals surface area contributed by atoms with E-state index in [0.29, 0.717) is 18.5 Å². The fraction of sp³-hybridized carbons (Fsp3) is 0.385. The number of carbonyl (C=O) groups excluding carboxylic acids is 2. The third kappa shape index (κ3) is 2.68. The molecule has 1 heterocycles. The lowest BCUT2D eigenvalue weighted by Gasteiger charge is -2.17. The zero-order valence-electron chi connectivity index (χ0n) is 10.1. The summed E-state index contributed by atoms with van der Waals surface area (Å²) in [5.74, 6) is -0.823. The summed E-state index contributed by atoms with van der Waals surface area (Å²) in [6.45, 7) is 0.631. The topological polar surface area (TPSA) is 64.6 Å². The number of rotatable bonds is 3. The number of esters is 2. The standard InChI is InChI=1S/C13H15NO4/c1-17-13(16)11-10(7-8-14-11)18-12(15)9-5-3-2-4-6-9/h2-6,10-11,14H,7-8H2,1H3/t10-,11+/m1/s1. The molecular weight excluding hydrogens is 234 g/mol. The summed E-state index contributed by atoms with van der Waals surface area (Å²) < 4.78 is 9.99. The first-order valence-electron chi connectivity index (χ1n) is 5.79. The number of hydrogen-bond donors (Lipinski definition) is 1. The van der Waals surface area contributed by atoms with E-state index in [-0.39, 0.29) is 0 Å². The summed E-state index contributed by atoms with van der Waals surface area (Å²) in [6.07, 6.45) is 0.142. The molecule has 18 heavy (non-hydrogen) atoms. The second-order valence-electron chi connectivity index (χ2n) is 4.05. The average Bonchev–Trinajstić information content (AvgIpc) is 2.87. The SMILES string of the molecule is COC(=O)[C@H]1NCC[C@H]1OC(=O)c1ccccc1. The number of hydrogen-bond acceptors (Lipinski definition) is 5. The van der Waals surface area contributed by atoms with Gasteiger partial charge in [0.2, 0.25) is 0 Å². The number of ether oxygens (including phenoxy) is 2. The molecule has 0 saturated carbocycles. The lowest BCUT2D eigenvalue weighted by atomic mass is 10.1. The molecule has 0 radical (unpaired) electrons. The van der Waals surface area contributed by atoms with E-state index in [9.17, 15) is 9.59 Å². The molecule has 96 valence electrons. The molecule has 0 aliphatic carbocycles. The Morgan fingerprint density at radius 2 is 2.00 bits per heavy atom. The second-order valence-corrected chi connectivity index (χ2v) is 4.05. The molecule has 5 nitrogen and oxygen atoms in total. The average molecular weight is 249 g/mol. The minimum Gasteiger partial charge on any atom is -0.468 e. The highest BCUT2D eigenvalue weighted by Crippen LogP contribution is 2.15. The van der Waals surface area contributed by atoms with Crippen molar-refractivity contribution in [3.05, 3.63) is 35.9 Å². The summed E-state index contributed by atoms with van der Waals surface area (Å²) in [5.41, 5.74) is 0.480. The molecule has 2 atom stereocenters. The van der Waals surface area contributed by atoms with Crippen molar-refractivity contribution < 1.29 is 19.1 Å². The molecule has 1 saturated heterocycles. The van der Waals surface area contributed by atoms with Crippen molar-refractivity contribution in [1.29, 1.82) is 0 Å². The molecular formula is C13H15NO4. The zero-order chi connectivity index (χ0) is 13.0. The largest absolute Gasteiger partial charge is 0.468 e. The molecule has 5 heteroatoms. The highest BCUT2D eigenvalue weighted by molar-refractivity contribution is 5.90. The molecule has 1 aliphatic rings. The van der Waals surface area contributed by atoms with Gasteiger partial charge in [-0.25, -0.2) is 4.79 Å². The van der Waals surface area contributed by atoms with Gasteiger partial charge in [-0.15, -0.1) is 0 Å². The van der Waals surface area contributed by atoms with Gasteiger partial charge in [0, 0.05) is 0 Å². The van der Waals surface area contributed by atoms with E-state index in [2.05, 4.69) is 10.1 Å². The number of methoxy groups -OCH3 is 1. The van der Waals surface area contributed by atoms with Crippen LogP contribution in [0.5, 0.6) is 0 Å². The first kappa shape index (κ1) is 12.6. The van der Waals surface area contributed by atoms with E-state index in [4.69, 9.17) is 4.74 Å². The zero-order valence-corrected chi connectivity index (χ0v) is 10.1. The maximum absolute atomic E-state index is 11.9. The number of carbonyl (C=O) groups is 2. The normalized spacial score (nSPS) is 22.5. The van der Waals surface area contributed by atoms with Crippen LogP contribution in [0.1, 0.15) is 16.8 Å². The fourth-order valence-corrected chi connectivity index (χ4v) is 1.95. The van der Waals surface area contributed by atoms with Crippen LogP contribution >= 0.6 is 0 Å². The van der Waals surface area contributed by atoms with E-state index in [1.165, 1.54) is 7.11 Å². The van der Waals surface area contributed by atoms with Crippen LogP contribution in [0.25, 0.3) is 0 Å². The Morgan fingerprint density at radius 3 is 2.67 bits per heavy atom. The Kier molecular flexibility index (Phi) is 3.94. The highest BCUT2D eigenvalue weighted by atomic mass is 16.6. The van der Waals surface area contributed by atoms with Gasteiger partial charge in [-0.05, 0) is 25.1 Å². The van der Waals surface area contributed by atoms with Crippen LogP contribution < -0.4 is 5.32 Å². The molecule has 1 N–H and O–H groups in total. The molecule has 1 aromatic carbocycles. The van der Waals surface area contributed by atoms with Gasteiger partial charge >= 0.3 is 11.9 Å². The van der Waals surface area contributed by atoms with Crippen LogP contribution in [0.2, 0.25) is 0 Å². The maximum atomic E-state index is 11.9. The van der Waals surface area contributed by atoms with Gasteiger partial charge in [0.15, 0.2) is 0 Å². The molecule has 0 amide bonds. The Labute approximate surface area is 105 Å². The number of nitrogens with one attached hydrogen (secondary N) is 1. The lowest BCUT2D eigenvalue weighted by Crippen LogP contribution is -2.41. The summed E-state index contributed by atoms with van der Waals surface area (Å²) in [6, 6.07) is 8.14. The quantitative estimate of drug-likeness (QED) is 0.801. The minimum absolute atomic E-state index is 0.404. The van der Waals surface area contributed by atoms with Gasteiger partial charge in [0.1, 0.15) is 12.1 Å². The van der Waals surface area contributed by atoms with E-state index < -0.39 is 24.1 Å². The van der Waals surface area contributed by atoms with Gasteiger partial charge in [0.25, 0.3) is 0 Å². The van der Waals surface area contributed by atoms with E-state index in [0.717, 1.165) is 0 Å². The van der Waals surface area contributed by atoms with Crippen LogP contribution in [0, 0.1) is 0 Å². The lowest BCUT2D eigenvalue weighted by molar-refractivity contribution is -0.145. The fourth-order valence-electron chi connectivity index (χ4n) is 1.95. The highest BCUT2D eigenvalue weighted by Gasteiger charge is 2.36. The van der Waals surface area contributed by atoms with Crippen molar-refractivity contribution >= 4 is 11.9 Å². The third-order valence-corrected chi connectivity index (χ3v) is 2.89. The van der Waals surface area contributed by atoms with E-state index in [1.807, 2.05) is 6.07 Å². The summed E-state index contributed by atoms with van der Waals surface area (Å²) in [4.78, 5) is 23.3. The van der Waals surface area contributed by atoms with E-state index >= 15 is 0 Å². The Morgan fingerprint density at radius 1 is 1.28 bits per heavy atom. The van der Waals surface area contributed by atoms with Crippen molar-refractivity contribution in [2.75, 3.05) is 13.7 Å². The van der Waals surface area contributed by atoms with Gasteiger partial charge in [-0.1, -0.05) is 18.2 Å². The van der Waals surface area contributed by atoms with Crippen molar-refractivity contribution in [3.8, 4) is 0 Å². The van der Waals surface area contributed by atoms with Crippen molar-refractivity contribution in [1.82, 2.24) is 5.32 Å². The molecule has 0 aromatic heterocycles. The maximum Gasteiger partial charge on any atom is 0.338 e. The molecule has 1 aliphatic heterocycles. The smallest absolute Gasteiger partial charge is 0.338 e. The molecule has 1 fully saturated rings. The molecule has 0 bridgehead atoms. The van der Waals surface area contributed by atoms with Crippen molar-refractivity contribution in [3.63, 3.8) is 0 Å². The van der Waals surface area contributed by atoms with Crippen LogP contribution in [0.15, 0.2) is 30.3 Å². The molecule has 0 unspecified atom stereocenters. The van der Waals surface area contributed by atoms with Gasteiger partial charge < -0.3 is 14.8 Å². The van der Waals surface area contributed by atoms with Crippen molar-refractivity contribution in [2.24, 2.45) is 0 Å². The summed E-state index contributed by atoms with van der Waals surface area (Å²) in [5, 5.41) is 2.96. The van der Waals surface area contributed by atoms with Crippen LogP contribution in [-0.2, 0) is 14.3 Å². The number of benzene rings is 1. The first-order chi connectivity index (χ1) is 8.72. The third-order valence-electron chi connectivity index (χ3n) is 2.89.